The molecule has 0 aliphatic rings. The first-order valence-electron chi connectivity index (χ1n) is 9.31. The summed E-state index contributed by atoms with van der Waals surface area (Å²) in [5, 5.41) is 11.5. The van der Waals surface area contributed by atoms with Gasteiger partial charge in [-0.1, -0.05) is 37.6 Å². The number of rotatable bonds is 3. The molecule has 0 aliphatic carbocycles. The molecule has 1 aromatic carbocycles. The number of nitrogens with zero attached hydrogens (tertiary/aromatic N) is 5. The standard InChI is InChI=1S/C20H20ClN5O4/c1-10(2)13-16(27)25(9-11-5-7-12(21)8-6-11)19-22-15-14(26(19)17(13)28)18(29)24(4)20(30)23(15)3/h5-8,10,28H,9H2,1-4H3. The molecule has 0 spiro atoms. The zero-order valence-electron chi connectivity index (χ0n) is 16.9. The maximum atomic E-state index is 13.3. The van der Waals surface area contributed by atoms with Crippen molar-refractivity contribution in [3.63, 3.8) is 0 Å². The van der Waals surface area contributed by atoms with Crippen LogP contribution in [0.4, 0.5) is 0 Å². The molecule has 3 heterocycles. The van der Waals surface area contributed by atoms with E-state index in [2.05, 4.69) is 4.98 Å². The van der Waals surface area contributed by atoms with E-state index in [0.29, 0.717) is 5.02 Å². The first-order valence-corrected chi connectivity index (χ1v) is 9.69. The molecule has 0 fully saturated rings. The summed E-state index contributed by atoms with van der Waals surface area (Å²) < 4.78 is 4.81. The number of aromatic hydroxyl groups is 1. The minimum atomic E-state index is -0.609. The highest BCUT2D eigenvalue weighted by molar-refractivity contribution is 6.30. The number of aromatic nitrogens is 5. The molecule has 0 aliphatic heterocycles. The first kappa shape index (κ1) is 20.0. The molecule has 9 nitrogen and oxygen atoms in total. The maximum Gasteiger partial charge on any atom is 0.332 e. The van der Waals surface area contributed by atoms with Crippen LogP contribution < -0.4 is 16.8 Å². The highest BCUT2D eigenvalue weighted by Crippen LogP contribution is 2.26. The van der Waals surface area contributed by atoms with Gasteiger partial charge in [-0.25, -0.2) is 9.20 Å². The Hall–Kier alpha value is -3.33. The Morgan fingerprint density at radius 1 is 1.03 bits per heavy atom. The molecule has 0 unspecified atom stereocenters. The van der Waals surface area contributed by atoms with Gasteiger partial charge in [-0.3, -0.25) is 23.3 Å². The summed E-state index contributed by atoms with van der Waals surface area (Å²) in [6, 6.07) is 6.99. The van der Waals surface area contributed by atoms with E-state index in [0.717, 1.165) is 10.1 Å². The van der Waals surface area contributed by atoms with Crippen molar-refractivity contribution in [2.24, 2.45) is 14.1 Å². The molecule has 4 aromatic rings. The van der Waals surface area contributed by atoms with Crippen molar-refractivity contribution >= 4 is 28.5 Å². The Morgan fingerprint density at radius 3 is 2.27 bits per heavy atom. The van der Waals surface area contributed by atoms with Crippen LogP contribution in [0.3, 0.4) is 0 Å². The molecule has 30 heavy (non-hydrogen) atoms. The molecular weight excluding hydrogens is 410 g/mol. The molecule has 0 amide bonds. The summed E-state index contributed by atoms with van der Waals surface area (Å²) in [6.07, 6.45) is 0. The molecule has 0 bridgehead atoms. The van der Waals surface area contributed by atoms with E-state index < -0.39 is 16.8 Å². The summed E-state index contributed by atoms with van der Waals surface area (Å²) in [5.74, 6) is -0.590. The third-order valence-corrected chi connectivity index (χ3v) is 5.49. The van der Waals surface area contributed by atoms with Crippen LogP contribution in [-0.4, -0.2) is 28.2 Å². The Morgan fingerprint density at radius 2 is 1.67 bits per heavy atom. The first-order chi connectivity index (χ1) is 14.1. The fourth-order valence-electron chi connectivity index (χ4n) is 3.64. The summed E-state index contributed by atoms with van der Waals surface area (Å²) in [7, 11) is 2.84. The highest BCUT2D eigenvalue weighted by Gasteiger charge is 2.25. The van der Waals surface area contributed by atoms with Crippen molar-refractivity contribution < 1.29 is 5.11 Å². The quantitative estimate of drug-likeness (QED) is 0.532. The van der Waals surface area contributed by atoms with Crippen LogP contribution >= 0.6 is 11.6 Å². The molecule has 1 N–H and O–H groups in total. The molecule has 4 rings (SSSR count). The summed E-state index contributed by atoms with van der Waals surface area (Å²) in [6.45, 7) is 3.71. The third-order valence-electron chi connectivity index (χ3n) is 5.24. The van der Waals surface area contributed by atoms with Crippen LogP contribution in [0.25, 0.3) is 16.9 Å². The van der Waals surface area contributed by atoms with Gasteiger partial charge in [0.2, 0.25) is 11.7 Å². The SMILES string of the molecule is CC(C)c1c(O)n2c3c(=O)n(C)c(=O)n(C)c3nc2n(Cc2ccc(Cl)cc2)c1=O. The van der Waals surface area contributed by atoms with Crippen LogP contribution in [0.5, 0.6) is 5.88 Å². The second-order valence-corrected chi connectivity index (χ2v) is 7.97. The molecule has 0 atom stereocenters. The van der Waals surface area contributed by atoms with Gasteiger partial charge < -0.3 is 5.11 Å². The van der Waals surface area contributed by atoms with E-state index in [4.69, 9.17) is 11.6 Å². The minimum Gasteiger partial charge on any atom is -0.494 e. The van der Waals surface area contributed by atoms with Crippen LogP contribution in [-0.2, 0) is 20.6 Å². The molecular formula is C20H20ClN5O4. The minimum absolute atomic E-state index is 0.0267. The van der Waals surface area contributed by atoms with Gasteiger partial charge in [0.05, 0.1) is 12.1 Å². The number of halogens is 1. The lowest BCUT2D eigenvalue weighted by atomic mass is 10.1. The molecule has 0 saturated heterocycles. The van der Waals surface area contributed by atoms with E-state index in [1.54, 1.807) is 38.1 Å². The predicted molar refractivity (Wildman–Crippen MR) is 114 cm³/mol. The van der Waals surface area contributed by atoms with Gasteiger partial charge in [-0.15, -0.1) is 0 Å². The fraction of sp³-hybridized carbons (Fsp3) is 0.300. The van der Waals surface area contributed by atoms with Gasteiger partial charge in [-0.05, 0) is 23.6 Å². The van der Waals surface area contributed by atoms with Crippen LogP contribution in [0, 0.1) is 0 Å². The summed E-state index contributed by atoms with van der Waals surface area (Å²) in [4.78, 5) is 42.9. The van der Waals surface area contributed by atoms with Gasteiger partial charge in [0.1, 0.15) is 0 Å². The molecule has 3 aromatic heterocycles. The van der Waals surface area contributed by atoms with E-state index in [1.165, 1.54) is 27.6 Å². The number of fused-ring (bicyclic) bond motifs is 3. The number of hydrogen-bond acceptors (Lipinski definition) is 5. The molecule has 0 saturated carbocycles. The second kappa shape index (κ2) is 6.88. The average Bonchev–Trinajstić information content (AvgIpc) is 3.10. The van der Waals surface area contributed by atoms with E-state index in [-0.39, 0.29) is 40.8 Å². The number of benzene rings is 1. The van der Waals surface area contributed by atoms with Crippen molar-refractivity contribution in [2.75, 3.05) is 0 Å². The van der Waals surface area contributed by atoms with Gasteiger partial charge >= 0.3 is 5.69 Å². The largest absolute Gasteiger partial charge is 0.494 e. The van der Waals surface area contributed by atoms with Crippen LogP contribution in [0.15, 0.2) is 38.6 Å². The Balaban J connectivity index is 2.21. The smallest absolute Gasteiger partial charge is 0.332 e. The molecule has 156 valence electrons. The maximum absolute atomic E-state index is 13.3. The fourth-order valence-corrected chi connectivity index (χ4v) is 3.76. The zero-order valence-corrected chi connectivity index (χ0v) is 17.6. The lowest BCUT2D eigenvalue weighted by molar-refractivity contribution is 0.430. The molecule has 10 heteroatoms. The Kier molecular flexibility index (Phi) is 4.58. The summed E-state index contributed by atoms with van der Waals surface area (Å²) >= 11 is 5.96. The van der Waals surface area contributed by atoms with Crippen molar-refractivity contribution in [3.05, 3.63) is 71.6 Å². The lowest BCUT2D eigenvalue weighted by Crippen LogP contribution is -2.37. The average molecular weight is 430 g/mol. The zero-order chi connectivity index (χ0) is 21.9. The molecule has 0 radical (unpaired) electrons. The van der Waals surface area contributed by atoms with Gasteiger partial charge in [0.25, 0.3) is 11.1 Å². The van der Waals surface area contributed by atoms with Gasteiger partial charge in [0, 0.05) is 19.1 Å². The van der Waals surface area contributed by atoms with Crippen molar-refractivity contribution in [2.45, 2.75) is 26.3 Å². The predicted octanol–water partition coefficient (Wildman–Crippen LogP) is 1.58. The van der Waals surface area contributed by atoms with Crippen LogP contribution in [0.2, 0.25) is 5.02 Å². The van der Waals surface area contributed by atoms with E-state index in [1.807, 2.05) is 0 Å². The van der Waals surface area contributed by atoms with Crippen molar-refractivity contribution in [1.29, 1.82) is 0 Å². The number of hydrogen-bond donors (Lipinski definition) is 1. The lowest BCUT2D eigenvalue weighted by Gasteiger charge is -2.15. The monoisotopic (exact) mass is 429 g/mol. The topological polar surface area (TPSA) is 104 Å². The highest BCUT2D eigenvalue weighted by atomic mass is 35.5. The number of aryl methyl sites for hydroxylation is 1. The van der Waals surface area contributed by atoms with Crippen molar-refractivity contribution in [1.82, 2.24) is 23.1 Å². The van der Waals surface area contributed by atoms with Gasteiger partial charge in [0.15, 0.2) is 11.2 Å². The van der Waals surface area contributed by atoms with Crippen molar-refractivity contribution in [3.8, 4) is 5.88 Å². The second-order valence-electron chi connectivity index (χ2n) is 7.53. The van der Waals surface area contributed by atoms with Crippen LogP contribution in [0.1, 0.15) is 30.9 Å². The van der Waals surface area contributed by atoms with Gasteiger partial charge in [-0.2, -0.15) is 4.98 Å². The Labute approximate surface area is 175 Å². The third kappa shape index (κ3) is 2.77. The normalized spacial score (nSPS) is 11.8. The van der Waals surface area contributed by atoms with E-state index in [9.17, 15) is 19.5 Å². The number of imidazole rings is 1. The summed E-state index contributed by atoms with van der Waals surface area (Å²) in [5.41, 5.74) is -0.512. The Bertz CT molecular complexity index is 1490. The van der Waals surface area contributed by atoms with E-state index >= 15 is 0 Å².